The molecule has 0 aromatic carbocycles. The number of unbranched alkanes of at least 4 members (excludes halogenated alkanes) is 5. The monoisotopic (exact) mass is 354 g/mol. The smallest absolute Gasteiger partial charge is 0.308 e. The van der Waals surface area contributed by atoms with Gasteiger partial charge in [0.15, 0.2) is 0 Å². The highest BCUT2D eigenvalue weighted by molar-refractivity contribution is 5.76. The van der Waals surface area contributed by atoms with Gasteiger partial charge in [-0.05, 0) is 38.5 Å². The topological polar surface area (TPSA) is 52.6 Å². The minimum absolute atomic E-state index is 0.120. The number of ether oxygens (including phenoxy) is 2. The highest BCUT2D eigenvalue weighted by atomic mass is 16.5. The maximum Gasteiger partial charge on any atom is 0.308 e. The molecular weight excluding hydrogens is 316 g/mol. The van der Waals surface area contributed by atoms with E-state index in [-0.39, 0.29) is 23.8 Å². The fourth-order valence-electron chi connectivity index (χ4n) is 3.53. The average molecular weight is 355 g/mol. The summed E-state index contributed by atoms with van der Waals surface area (Å²) in [6, 6.07) is 0. The predicted octanol–water partition coefficient (Wildman–Crippen LogP) is 5.29. The number of hydrogen-bond donors (Lipinski definition) is 0. The first-order chi connectivity index (χ1) is 12.0. The van der Waals surface area contributed by atoms with Gasteiger partial charge in [0, 0.05) is 0 Å². The molecule has 0 bridgehead atoms. The molecule has 4 heteroatoms. The van der Waals surface area contributed by atoms with Gasteiger partial charge in [0.05, 0.1) is 25.0 Å². The van der Waals surface area contributed by atoms with Crippen LogP contribution < -0.4 is 0 Å². The molecule has 0 N–H and O–H groups in total. The third-order valence-electron chi connectivity index (χ3n) is 5.05. The lowest BCUT2D eigenvalue weighted by molar-refractivity contribution is -0.154. The van der Waals surface area contributed by atoms with E-state index < -0.39 is 0 Å². The zero-order chi connectivity index (χ0) is 18.5. The van der Waals surface area contributed by atoms with E-state index >= 15 is 0 Å². The fraction of sp³-hybridized carbons (Fsp3) is 0.905. The van der Waals surface area contributed by atoms with Crippen LogP contribution in [0.1, 0.15) is 91.4 Å². The summed E-state index contributed by atoms with van der Waals surface area (Å²) in [5.41, 5.74) is 0. The Morgan fingerprint density at radius 2 is 1.44 bits per heavy atom. The van der Waals surface area contributed by atoms with Gasteiger partial charge in [0.25, 0.3) is 0 Å². The van der Waals surface area contributed by atoms with Crippen molar-refractivity contribution >= 4 is 11.9 Å². The molecule has 1 aliphatic carbocycles. The van der Waals surface area contributed by atoms with Crippen LogP contribution in [0.3, 0.4) is 0 Å². The summed E-state index contributed by atoms with van der Waals surface area (Å²) in [7, 11) is 0. The summed E-state index contributed by atoms with van der Waals surface area (Å²) in [6.45, 7) is 7.29. The molecule has 0 heterocycles. The largest absolute Gasteiger partial charge is 0.466 e. The van der Waals surface area contributed by atoms with E-state index in [0.29, 0.717) is 19.6 Å². The van der Waals surface area contributed by atoms with Crippen molar-refractivity contribution in [1.29, 1.82) is 0 Å². The first kappa shape index (κ1) is 22.0. The Morgan fingerprint density at radius 3 is 2.04 bits per heavy atom. The number of carbonyl (C=O) groups excluding carboxylic acids is 2. The molecule has 4 nitrogen and oxygen atoms in total. The molecule has 25 heavy (non-hydrogen) atoms. The quantitative estimate of drug-likeness (QED) is 0.353. The van der Waals surface area contributed by atoms with Crippen molar-refractivity contribution < 1.29 is 19.1 Å². The lowest BCUT2D eigenvalue weighted by Crippen LogP contribution is -2.29. The van der Waals surface area contributed by atoms with Crippen molar-refractivity contribution in [2.75, 3.05) is 13.2 Å². The van der Waals surface area contributed by atoms with Gasteiger partial charge >= 0.3 is 11.9 Å². The molecule has 1 aliphatic rings. The zero-order valence-electron chi connectivity index (χ0n) is 16.6. The third kappa shape index (κ3) is 9.86. The molecule has 0 aliphatic heterocycles. The van der Waals surface area contributed by atoms with Crippen molar-refractivity contribution in [3.63, 3.8) is 0 Å². The Morgan fingerprint density at radius 1 is 0.880 bits per heavy atom. The Balaban J connectivity index is 2.07. The molecule has 0 aromatic heterocycles. The number of carbonyl (C=O) groups is 2. The van der Waals surface area contributed by atoms with Crippen LogP contribution in [-0.2, 0) is 19.1 Å². The Bertz CT molecular complexity index is 378. The SMILES string of the molecule is CCOC(=O)C1CCCC(C(=O)OCCCCCCCCC(C)C)C1. The molecule has 0 amide bonds. The van der Waals surface area contributed by atoms with Gasteiger partial charge in [-0.1, -0.05) is 58.8 Å². The fourth-order valence-corrected chi connectivity index (χ4v) is 3.53. The van der Waals surface area contributed by atoms with Crippen LogP contribution in [0.5, 0.6) is 0 Å². The maximum atomic E-state index is 12.2. The van der Waals surface area contributed by atoms with Crippen molar-refractivity contribution in [3.8, 4) is 0 Å². The first-order valence-electron chi connectivity index (χ1n) is 10.4. The predicted molar refractivity (Wildman–Crippen MR) is 100 cm³/mol. The van der Waals surface area contributed by atoms with Gasteiger partial charge in [0.2, 0.25) is 0 Å². The lowest BCUT2D eigenvalue weighted by atomic mass is 9.81. The van der Waals surface area contributed by atoms with Crippen molar-refractivity contribution in [1.82, 2.24) is 0 Å². The lowest BCUT2D eigenvalue weighted by Gasteiger charge is -2.26. The number of hydrogen-bond acceptors (Lipinski definition) is 4. The summed E-state index contributed by atoms with van der Waals surface area (Å²) in [5, 5.41) is 0. The second kappa shape index (κ2) is 13.2. The van der Waals surface area contributed by atoms with Crippen LogP contribution in [0.4, 0.5) is 0 Å². The molecule has 0 spiro atoms. The van der Waals surface area contributed by atoms with E-state index in [0.717, 1.165) is 38.0 Å². The average Bonchev–Trinajstić information content (AvgIpc) is 2.60. The van der Waals surface area contributed by atoms with E-state index in [4.69, 9.17) is 9.47 Å². The normalized spacial score (nSPS) is 20.5. The summed E-state index contributed by atoms with van der Waals surface area (Å²) < 4.78 is 10.5. The van der Waals surface area contributed by atoms with Gasteiger partial charge in [-0.15, -0.1) is 0 Å². The van der Waals surface area contributed by atoms with Gasteiger partial charge in [-0.3, -0.25) is 9.59 Å². The van der Waals surface area contributed by atoms with Gasteiger partial charge < -0.3 is 9.47 Å². The second-order valence-corrected chi connectivity index (χ2v) is 7.78. The number of esters is 2. The molecule has 1 saturated carbocycles. The summed E-state index contributed by atoms with van der Waals surface area (Å²) in [6.07, 6.45) is 11.7. The Hall–Kier alpha value is -1.06. The standard InChI is InChI=1S/C21H38O4/c1-4-24-20(22)18-13-11-14-19(16-18)21(23)25-15-10-8-6-5-7-9-12-17(2)3/h17-19H,4-16H2,1-3H3. The minimum Gasteiger partial charge on any atom is -0.466 e. The van der Waals surface area contributed by atoms with Crippen LogP contribution in [-0.4, -0.2) is 25.2 Å². The Kier molecular flexibility index (Phi) is 11.6. The maximum absolute atomic E-state index is 12.2. The first-order valence-corrected chi connectivity index (χ1v) is 10.4. The third-order valence-corrected chi connectivity index (χ3v) is 5.05. The molecule has 2 atom stereocenters. The molecule has 0 radical (unpaired) electrons. The van der Waals surface area contributed by atoms with Crippen molar-refractivity contribution in [2.24, 2.45) is 17.8 Å². The summed E-state index contributed by atoms with van der Waals surface area (Å²) in [4.78, 5) is 24.0. The Labute approximate surface area is 154 Å². The van der Waals surface area contributed by atoms with Crippen molar-refractivity contribution in [2.45, 2.75) is 91.4 Å². The summed E-state index contributed by atoms with van der Waals surface area (Å²) in [5.74, 6) is 0.280. The molecule has 2 unspecified atom stereocenters. The minimum atomic E-state index is -0.155. The van der Waals surface area contributed by atoms with E-state index in [2.05, 4.69) is 13.8 Å². The van der Waals surface area contributed by atoms with Crippen LogP contribution in [0.15, 0.2) is 0 Å². The van der Waals surface area contributed by atoms with Gasteiger partial charge in [-0.2, -0.15) is 0 Å². The van der Waals surface area contributed by atoms with E-state index in [1.165, 1.54) is 32.1 Å². The zero-order valence-corrected chi connectivity index (χ0v) is 16.6. The van der Waals surface area contributed by atoms with E-state index in [1.807, 2.05) is 6.92 Å². The van der Waals surface area contributed by atoms with Gasteiger partial charge in [0.1, 0.15) is 0 Å². The van der Waals surface area contributed by atoms with Crippen molar-refractivity contribution in [3.05, 3.63) is 0 Å². The van der Waals surface area contributed by atoms with E-state index in [9.17, 15) is 9.59 Å². The molecule has 1 fully saturated rings. The van der Waals surface area contributed by atoms with Crippen LogP contribution >= 0.6 is 0 Å². The number of rotatable bonds is 12. The molecular formula is C21H38O4. The van der Waals surface area contributed by atoms with Crippen LogP contribution in [0.25, 0.3) is 0 Å². The van der Waals surface area contributed by atoms with Gasteiger partial charge in [-0.25, -0.2) is 0 Å². The molecule has 0 aromatic rings. The highest BCUT2D eigenvalue weighted by Gasteiger charge is 2.32. The van der Waals surface area contributed by atoms with E-state index in [1.54, 1.807) is 0 Å². The summed E-state index contributed by atoms with van der Waals surface area (Å²) >= 11 is 0. The second-order valence-electron chi connectivity index (χ2n) is 7.78. The van der Waals surface area contributed by atoms with Crippen LogP contribution in [0, 0.1) is 17.8 Å². The van der Waals surface area contributed by atoms with Crippen LogP contribution in [0.2, 0.25) is 0 Å². The molecule has 1 rings (SSSR count). The molecule has 146 valence electrons. The highest BCUT2D eigenvalue weighted by Crippen LogP contribution is 2.30. The molecule has 0 saturated heterocycles.